The molecule has 0 amide bonds. The predicted octanol–water partition coefficient (Wildman–Crippen LogP) is 8.45. The number of hydrogen-bond donors (Lipinski definition) is 1. The summed E-state index contributed by atoms with van der Waals surface area (Å²) in [6, 6.07) is 3.52. The Kier molecular flexibility index (Phi) is 13.8. The van der Waals surface area contributed by atoms with E-state index in [-0.39, 0.29) is 18.3 Å². The lowest BCUT2D eigenvalue weighted by Gasteiger charge is -2.12. The number of aromatic hydroxyl groups is 1. The minimum atomic E-state index is -0.216. The molecule has 0 fully saturated rings. The van der Waals surface area contributed by atoms with Gasteiger partial charge >= 0.3 is 5.97 Å². The minimum Gasteiger partial charge on any atom is -0.507 e. The fraction of sp³-hybridized carbons (Fsp3) is 0.607. The Morgan fingerprint density at radius 2 is 1.58 bits per heavy atom. The van der Waals surface area contributed by atoms with Crippen LogP contribution in [-0.2, 0) is 16.1 Å². The van der Waals surface area contributed by atoms with Crippen LogP contribution in [-0.4, -0.2) is 17.7 Å². The number of carbonyl (C=O) groups is 1. The molecule has 1 N–H and O–H groups in total. The maximum Gasteiger partial charge on any atom is 0.306 e. The van der Waals surface area contributed by atoms with Crippen molar-refractivity contribution in [2.45, 2.75) is 103 Å². The van der Waals surface area contributed by atoms with Crippen molar-refractivity contribution >= 4 is 23.6 Å². The van der Waals surface area contributed by atoms with Gasteiger partial charge in [-0.25, -0.2) is 0 Å². The molecule has 0 radical (unpaired) electrons. The predicted molar refractivity (Wildman–Crippen MR) is 137 cm³/mol. The molecule has 2 rings (SSSR count). The van der Waals surface area contributed by atoms with Gasteiger partial charge in [-0.3, -0.25) is 4.79 Å². The third-order valence-electron chi connectivity index (χ3n) is 6.13. The Labute approximate surface area is 205 Å². The highest BCUT2D eigenvalue weighted by molar-refractivity contribution is 6.25. The molecule has 0 aliphatic carbocycles. The van der Waals surface area contributed by atoms with Gasteiger partial charge in [0.15, 0.2) is 0 Å². The molecule has 0 bridgehead atoms. The van der Waals surface area contributed by atoms with Gasteiger partial charge in [0.05, 0.1) is 5.56 Å². The van der Waals surface area contributed by atoms with E-state index in [0.717, 1.165) is 18.4 Å². The van der Waals surface area contributed by atoms with E-state index in [0.29, 0.717) is 29.9 Å². The number of fused-ring (bicyclic) bond motifs is 1. The number of halogens is 1. The van der Waals surface area contributed by atoms with E-state index in [1.165, 1.54) is 76.2 Å². The first-order chi connectivity index (χ1) is 16.2. The molecular weight excluding hydrogens is 436 g/mol. The first-order valence-corrected chi connectivity index (χ1v) is 13.2. The number of unbranched alkanes of at least 4 members (excludes halogenated alkanes) is 12. The topological polar surface area (TPSA) is 55.8 Å². The molecule has 0 atom stereocenters. The summed E-state index contributed by atoms with van der Waals surface area (Å²) in [5.41, 5.74) is 3.42. The zero-order valence-electron chi connectivity index (χ0n) is 20.3. The van der Waals surface area contributed by atoms with Crippen molar-refractivity contribution in [2.24, 2.45) is 0 Å². The highest BCUT2D eigenvalue weighted by Gasteiger charge is 2.15. The number of ether oxygens (including phenoxy) is 2. The number of esters is 1. The third kappa shape index (κ3) is 10.7. The van der Waals surface area contributed by atoms with E-state index >= 15 is 0 Å². The van der Waals surface area contributed by atoms with Crippen LogP contribution < -0.4 is 4.74 Å². The summed E-state index contributed by atoms with van der Waals surface area (Å²) in [6.07, 6.45) is 20.6. The molecule has 0 spiro atoms. The third-order valence-corrected chi connectivity index (χ3v) is 6.41. The number of carbonyl (C=O) groups excluding carboxylic acids is 1. The second-order valence-electron chi connectivity index (χ2n) is 8.94. The van der Waals surface area contributed by atoms with Crippen LogP contribution in [0.4, 0.5) is 0 Å². The highest BCUT2D eigenvalue weighted by atomic mass is 35.5. The van der Waals surface area contributed by atoms with Gasteiger partial charge in [-0.2, -0.15) is 0 Å². The molecule has 0 unspecified atom stereocenters. The monoisotopic (exact) mass is 476 g/mol. The normalized spacial score (nSPS) is 14.1. The lowest BCUT2D eigenvalue weighted by atomic mass is 10.0. The van der Waals surface area contributed by atoms with Gasteiger partial charge in [-0.05, 0) is 24.6 Å². The van der Waals surface area contributed by atoms with Crippen LogP contribution in [0.3, 0.4) is 0 Å². The Bertz CT molecular complexity index is 769. The molecule has 5 heteroatoms. The van der Waals surface area contributed by atoms with Crippen molar-refractivity contribution in [2.75, 3.05) is 6.61 Å². The maximum absolute atomic E-state index is 12.1. The summed E-state index contributed by atoms with van der Waals surface area (Å²) >= 11 is 5.75. The van der Waals surface area contributed by atoms with E-state index in [4.69, 9.17) is 21.1 Å². The van der Waals surface area contributed by atoms with Gasteiger partial charge in [0.25, 0.3) is 0 Å². The van der Waals surface area contributed by atoms with Crippen molar-refractivity contribution in [1.29, 1.82) is 0 Å². The van der Waals surface area contributed by atoms with E-state index < -0.39 is 0 Å². The number of hydrogen-bond acceptors (Lipinski definition) is 4. The lowest BCUT2D eigenvalue weighted by molar-refractivity contribution is -0.145. The van der Waals surface area contributed by atoms with Crippen LogP contribution in [0.1, 0.15) is 108 Å². The fourth-order valence-electron chi connectivity index (χ4n) is 4.02. The first-order valence-electron chi connectivity index (χ1n) is 12.8. The Morgan fingerprint density at radius 3 is 2.18 bits per heavy atom. The second kappa shape index (κ2) is 16.6. The van der Waals surface area contributed by atoms with Crippen molar-refractivity contribution in [1.82, 2.24) is 0 Å². The molecule has 1 aliphatic heterocycles. The number of phenols is 1. The Hall–Kier alpha value is -1.94. The average Bonchev–Trinajstić information content (AvgIpc) is 3.04. The molecule has 1 heterocycles. The van der Waals surface area contributed by atoms with Crippen LogP contribution in [0, 0.1) is 0 Å². The molecule has 33 heavy (non-hydrogen) atoms. The van der Waals surface area contributed by atoms with Gasteiger partial charge in [0.1, 0.15) is 24.7 Å². The van der Waals surface area contributed by atoms with Crippen LogP contribution in [0.2, 0.25) is 0 Å². The van der Waals surface area contributed by atoms with Gasteiger partial charge in [-0.15, -0.1) is 0 Å². The molecule has 0 aromatic heterocycles. The molecule has 0 saturated heterocycles. The molecule has 184 valence electrons. The molecule has 1 aliphatic rings. The standard InChI is InChI=1S/C28H41ClO4/c1-2-3-4-5-6-7-8-9-10-11-12-13-14-15-27(30)33-22-24-17-19-26-25(28(24)31)18-16-23(20-29)21-32-26/h16-20,31H,2-15,21-22H2,1H3. The number of rotatable bonds is 16. The summed E-state index contributed by atoms with van der Waals surface area (Å²) in [7, 11) is 0. The van der Waals surface area contributed by atoms with Gasteiger partial charge in [0, 0.05) is 23.1 Å². The van der Waals surface area contributed by atoms with E-state index in [1.807, 2.05) is 6.08 Å². The van der Waals surface area contributed by atoms with Crippen LogP contribution in [0.5, 0.6) is 11.5 Å². The zero-order valence-corrected chi connectivity index (χ0v) is 21.0. The SMILES string of the molecule is CCCCCCCCCCCCCCCC(=O)OCc1ccc2c(c1O)C=CC(=CCl)CO2. The average molecular weight is 477 g/mol. The second-order valence-corrected chi connectivity index (χ2v) is 9.16. The van der Waals surface area contributed by atoms with Gasteiger partial charge in [0.2, 0.25) is 0 Å². The van der Waals surface area contributed by atoms with Crippen LogP contribution in [0.25, 0.3) is 6.08 Å². The summed E-state index contributed by atoms with van der Waals surface area (Å²) in [4.78, 5) is 12.1. The van der Waals surface area contributed by atoms with Crippen molar-refractivity contribution in [3.63, 3.8) is 0 Å². The Morgan fingerprint density at radius 1 is 0.970 bits per heavy atom. The summed E-state index contributed by atoms with van der Waals surface area (Å²) in [6.45, 7) is 2.67. The molecule has 4 nitrogen and oxygen atoms in total. The van der Waals surface area contributed by atoms with Crippen LogP contribution in [0.15, 0.2) is 29.3 Å². The molecular formula is C28H41ClO4. The molecule has 0 saturated carbocycles. The maximum atomic E-state index is 12.1. The first kappa shape index (κ1) is 27.3. The van der Waals surface area contributed by atoms with Crippen molar-refractivity contribution < 1.29 is 19.4 Å². The minimum absolute atomic E-state index is 0.0580. The van der Waals surface area contributed by atoms with Crippen molar-refractivity contribution in [3.8, 4) is 11.5 Å². The quantitative estimate of drug-likeness (QED) is 0.192. The number of phenolic OH excluding ortho intramolecular Hbond substituents is 1. The lowest BCUT2D eigenvalue weighted by Crippen LogP contribution is -2.05. The Balaban J connectivity index is 1.54. The van der Waals surface area contributed by atoms with E-state index in [9.17, 15) is 9.90 Å². The summed E-state index contributed by atoms with van der Waals surface area (Å²) < 4.78 is 11.0. The van der Waals surface area contributed by atoms with Crippen molar-refractivity contribution in [3.05, 3.63) is 40.4 Å². The van der Waals surface area contributed by atoms with Gasteiger partial charge < -0.3 is 14.6 Å². The fourth-order valence-corrected chi connectivity index (χ4v) is 4.16. The molecule has 1 aromatic carbocycles. The highest BCUT2D eigenvalue weighted by Crippen LogP contribution is 2.35. The van der Waals surface area contributed by atoms with E-state index in [2.05, 4.69) is 6.92 Å². The zero-order chi connectivity index (χ0) is 23.7. The van der Waals surface area contributed by atoms with Crippen LogP contribution >= 0.6 is 11.6 Å². The summed E-state index contributed by atoms with van der Waals surface area (Å²) in [5.74, 6) is 0.444. The van der Waals surface area contributed by atoms with E-state index in [1.54, 1.807) is 18.2 Å². The summed E-state index contributed by atoms with van der Waals surface area (Å²) in [5, 5.41) is 10.6. The smallest absolute Gasteiger partial charge is 0.306 e. The van der Waals surface area contributed by atoms with Gasteiger partial charge in [-0.1, -0.05) is 102 Å². The molecule has 1 aromatic rings. The number of benzene rings is 1. The largest absolute Gasteiger partial charge is 0.507 e.